The average molecular weight is 489 g/mol. The molecule has 0 aliphatic carbocycles. The van der Waals surface area contributed by atoms with Gasteiger partial charge in [0, 0.05) is 74.9 Å². The molecule has 0 saturated carbocycles. The molecule has 5 rings (SSSR count). The SMILES string of the molecule is Cl.Cl.c1cc(N2CCCN(c3ccc(C4=NCCCN4)cc3)CC2)ccc1C1=NCCCN1. The number of hydrogen-bond donors (Lipinski definition) is 2. The van der Waals surface area contributed by atoms with Gasteiger partial charge in [0.15, 0.2) is 0 Å². The Bertz CT molecular complexity index is 865. The summed E-state index contributed by atoms with van der Waals surface area (Å²) in [5, 5.41) is 6.82. The van der Waals surface area contributed by atoms with Gasteiger partial charge in [-0.3, -0.25) is 9.98 Å². The minimum absolute atomic E-state index is 0. The summed E-state index contributed by atoms with van der Waals surface area (Å²) in [6, 6.07) is 17.8. The molecule has 33 heavy (non-hydrogen) atoms. The maximum atomic E-state index is 4.61. The van der Waals surface area contributed by atoms with E-state index in [0.29, 0.717) is 0 Å². The molecule has 178 valence electrons. The van der Waals surface area contributed by atoms with Crippen molar-refractivity contribution in [1.29, 1.82) is 0 Å². The summed E-state index contributed by atoms with van der Waals surface area (Å²) >= 11 is 0. The van der Waals surface area contributed by atoms with Gasteiger partial charge in [-0.25, -0.2) is 0 Å². The van der Waals surface area contributed by atoms with Gasteiger partial charge in [0.25, 0.3) is 0 Å². The summed E-state index contributed by atoms with van der Waals surface area (Å²) in [5.74, 6) is 2.08. The van der Waals surface area contributed by atoms with Crippen molar-refractivity contribution in [2.24, 2.45) is 9.98 Å². The fraction of sp³-hybridized carbons (Fsp3) is 0.440. The smallest absolute Gasteiger partial charge is 0.128 e. The van der Waals surface area contributed by atoms with Gasteiger partial charge >= 0.3 is 0 Å². The Morgan fingerprint density at radius 1 is 0.545 bits per heavy atom. The molecule has 0 unspecified atom stereocenters. The number of aliphatic imine (C=N–C) groups is 2. The summed E-state index contributed by atoms with van der Waals surface area (Å²) in [7, 11) is 0. The predicted molar refractivity (Wildman–Crippen MR) is 144 cm³/mol. The van der Waals surface area contributed by atoms with E-state index in [1.54, 1.807) is 0 Å². The normalized spacial score (nSPS) is 18.4. The molecule has 6 nitrogen and oxygen atoms in total. The molecule has 2 aromatic rings. The van der Waals surface area contributed by atoms with Crippen molar-refractivity contribution in [3.8, 4) is 0 Å². The molecule has 1 saturated heterocycles. The van der Waals surface area contributed by atoms with Crippen LogP contribution in [0.4, 0.5) is 11.4 Å². The first-order valence-electron chi connectivity index (χ1n) is 11.6. The van der Waals surface area contributed by atoms with Crippen molar-refractivity contribution >= 4 is 47.9 Å². The molecule has 3 aliphatic heterocycles. The number of anilines is 2. The molecule has 1 fully saturated rings. The highest BCUT2D eigenvalue weighted by Gasteiger charge is 2.17. The van der Waals surface area contributed by atoms with Gasteiger partial charge in [-0.15, -0.1) is 24.8 Å². The quantitative estimate of drug-likeness (QED) is 0.688. The van der Waals surface area contributed by atoms with Crippen LogP contribution in [0.15, 0.2) is 58.5 Å². The van der Waals surface area contributed by atoms with Crippen LogP contribution in [0, 0.1) is 0 Å². The van der Waals surface area contributed by atoms with Gasteiger partial charge < -0.3 is 20.4 Å². The van der Waals surface area contributed by atoms with E-state index >= 15 is 0 Å². The molecule has 0 amide bonds. The number of benzene rings is 2. The summed E-state index contributed by atoms with van der Waals surface area (Å²) < 4.78 is 0. The minimum atomic E-state index is 0. The van der Waals surface area contributed by atoms with Gasteiger partial charge in [0.2, 0.25) is 0 Å². The van der Waals surface area contributed by atoms with Crippen molar-refractivity contribution < 1.29 is 0 Å². The maximum Gasteiger partial charge on any atom is 0.128 e. The second-order valence-corrected chi connectivity index (χ2v) is 8.44. The third-order valence-electron chi connectivity index (χ3n) is 6.30. The van der Waals surface area contributed by atoms with Crippen LogP contribution in [-0.4, -0.2) is 64.0 Å². The zero-order valence-corrected chi connectivity index (χ0v) is 20.6. The Morgan fingerprint density at radius 2 is 0.970 bits per heavy atom. The number of rotatable bonds is 4. The summed E-state index contributed by atoms with van der Waals surface area (Å²) in [5.41, 5.74) is 4.99. The molecule has 3 heterocycles. The van der Waals surface area contributed by atoms with Gasteiger partial charge in [0.1, 0.15) is 11.7 Å². The van der Waals surface area contributed by atoms with Crippen LogP contribution in [0.3, 0.4) is 0 Å². The Morgan fingerprint density at radius 3 is 1.33 bits per heavy atom. The van der Waals surface area contributed by atoms with Crippen molar-refractivity contribution in [3.63, 3.8) is 0 Å². The van der Waals surface area contributed by atoms with E-state index in [1.807, 2.05) is 0 Å². The van der Waals surface area contributed by atoms with E-state index in [9.17, 15) is 0 Å². The number of halogens is 2. The Kier molecular flexibility index (Phi) is 9.27. The van der Waals surface area contributed by atoms with E-state index in [-0.39, 0.29) is 24.8 Å². The molecular formula is C25H34Cl2N6. The first-order chi connectivity index (χ1) is 15.4. The second-order valence-electron chi connectivity index (χ2n) is 8.44. The second kappa shape index (κ2) is 12.1. The topological polar surface area (TPSA) is 55.3 Å². The van der Waals surface area contributed by atoms with Gasteiger partial charge in [-0.2, -0.15) is 0 Å². The lowest BCUT2D eigenvalue weighted by atomic mass is 10.1. The Balaban J connectivity index is 0.00000153. The van der Waals surface area contributed by atoms with Crippen LogP contribution in [0.25, 0.3) is 0 Å². The highest BCUT2D eigenvalue weighted by Crippen LogP contribution is 2.22. The molecule has 0 bridgehead atoms. The molecular weight excluding hydrogens is 455 g/mol. The van der Waals surface area contributed by atoms with Crippen LogP contribution < -0.4 is 20.4 Å². The first-order valence-corrected chi connectivity index (χ1v) is 11.6. The maximum absolute atomic E-state index is 4.61. The molecule has 0 radical (unpaired) electrons. The van der Waals surface area contributed by atoms with Crippen LogP contribution in [-0.2, 0) is 0 Å². The minimum Gasteiger partial charge on any atom is -0.370 e. The van der Waals surface area contributed by atoms with Crippen molar-refractivity contribution in [2.75, 3.05) is 62.2 Å². The largest absolute Gasteiger partial charge is 0.370 e. The number of nitrogens with one attached hydrogen (secondary N) is 2. The van der Waals surface area contributed by atoms with Crippen molar-refractivity contribution in [2.45, 2.75) is 19.3 Å². The number of amidine groups is 2. The van der Waals surface area contributed by atoms with Crippen LogP contribution >= 0.6 is 24.8 Å². The average Bonchev–Trinajstić information content (AvgIpc) is 3.12. The first kappa shape index (κ1) is 25.2. The van der Waals surface area contributed by atoms with E-state index < -0.39 is 0 Å². The van der Waals surface area contributed by atoms with Gasteiger partial charge in [-0.1, -0.05) is 0 Å². The molecule has 0 spiro atoms. The number of hydrogen-bond acceptors (Lipinski definition) is 6. The Labute approximate surface area is 209 Å². The van der Waals surface area contributed by atoms with Crippen molar-refractivity contribution in [3.05, 3.63) is 59.7 Å². The highest BCUT2D eigenvalue weighted by molar-refractivity contribution is 6.00. The highest BCUT2D eigenvalue weighted by atomic mass is 35.5. The lowest BCUT2D eigenvalue weighted by Gasteiger charge is -2.25. The fourth-order valence-electron chi connectivity index (χ4n) is 4.55. The summed E-state index contributed by atoms with van der Waals surface area (Å²) in [6.07, 6.45) is 3.41. The molecule has 2 aromatic carbocycles. The standard InChI is InChI=1S/C25H32N6.2ClH/c1-12-26-24(27-13-1)20-4-8-22(9-5-20)30-16-3-17-31(19-18-30)23-10-6-21(7-11-23)25-28-14-2-15-29-25;;/h4-11H,1-3,12-19H2,(H,26,27)(H,28,29);2*1H. The molecule has 0 atom stereocenters. The number of nitrogens with zero attached hydrogens (tertiary/aromatic N) is 4. The lowest BCUT2D eigenvalue weighted by molar-refractivity contribution is 0.742. The van der Waals surface area contributed by atoms with Crippen LogP contribution in [0.2, 0.25) is 0 Å². The van der Waals surface area contributed by atoms with E-state index in [0.717, 1.165) is 83.3 Å². The van der Waals surface area contributed by atoms with Gasteiger partial charge in [-0.05, 0) is 67.8 Å². The van der Waals surface area contributed by atoms with Crippen molar-refractivity contribution in [1.82, 2.24) is 10.6 Å². The fourth-order valence-corrected chi connectivity index (χ4v) is 4.55. The lowest BCUT2D eigenvalue weighted by Crippen LogP contribution is -2.31. The van der Waals surface area contributed by atoms with Gasteiger partial charge in [0.05, 0.1) is 0 Å². The molecule has 0 aromatic heterocycles. The third kappa shape index (κ3) is 6.12. The molecule has 3 aliphatic rings. The summed E-state index contributed by atoms with van der Waals surface area (Å²) in [4.78, 5) is 14.2. The summed E-state index contributed by atoms with van der Waals surface area (Å²) in [6.45, 7) is 8.16. The monoisotopic (exact) mass is 488 g/mol. The van der Waals surface area contributed by atoms with Crippen LogP contribution in [0.1, 0.15) is 30.4 Å². The predicted octanol–water partition coefficient (Wildman–Crippen LogP) is 3.73. The van der Waals surface area contributed by atoms with E-state index in [4.69, 9.17) is 0 Å². The molecule has 2 N–H and O–H groups in total. The Hall–Kier alpha value is -2.44. The van der Waals surface area contributed by atoms with E-state index in [2.05, 4.69) is 78.9 Å². The van der Waals surface area contributed by atoms with Crippen LogP contribution in [0.5, 0.6) is 0 Å². The van der Waals surface area contributed by atoms with E-state index in [1.165, 1.54) is 22.5 Å². The zero-order valence-electron chi connectivity index (χ0n) is 19.0. The zero-order chi connectivity index (χ0) is 20.9. The molecule has 8 heteroatoms. The third-order valence-corrected chi connectivity index (χ3v) is 6.30.